The molecule has 2 rings (SSSR count). The highest BCUT2D eigenvalue weighted by atomic mass is 16.1. The monoisotopic (exact) mass is 272 g/mol. The van der Waals surface area contributed by atoms with Crippen LogP contribution in [0, 0.1) is 0 Å². The third-order valence-electron chi connectivity index (χ3n) is 3.50. The summed E-state index contributed by atoms with van der Waals surface area (Å²) in [7, 11) is 0. The quantitative estimate of drug-likeness (QED) is 0.899. The van der Waals surface area contributed by atoms with Crippen LogP contribution >= 0.6 is 0 Å². The van der Waals surface area contributed by atoms with Crippen molar-refractivity contribution in [1.29, 1.82) is 0 Å². The Kier molecular flexibility index (Phi) is 4.17. The van der Waals surface area contributed by atoms with E-state index in [1.807, 2.05) is 22.9 Å². The van der Waals surface area contributed by atoms with Gasteiger partial charge in [0.15, 0.2) is 0 Å². The van der Waals surface area contributed by atoms with Crippen molar-refractivity contribution in [2.75, 3.05) is 0 Å². The third-order valence-corrected chi connectivity index (χ3v) is 3.50. The fourth-order valence-corrected chi connectivity index (χ4v) is 2.46. The minimum atomic E-state index is -0.144. The van der Waals surface area contributed by atoms with Gasteiger partial charge in [0.05, 0.1) is 11.2 Å². The molecule has 3 nitrogen and oxygen atoms in total. The zero-order valence-corrected chi connectivity index (χ0v) is 12.9. The first-order valence-electron chi connectivity index (χ1n) is 7.35. The second-order valence-corrected chi connectivity index (χ2v) is 6.24. The van der Waals surface area contributed by atoms with Crippen molar-refractivity contribution in [2.24, 2.45) is 0 Å². The molecule has 1 aromatic heterocycles. The molecule has 0 spiro atoms. The lowest BCUT2D eigenvalue weighted by atomic mass is 10.0. The molecule has 108 valence electrons. The van der Waals surface area contributed by atoms with Crippen molar-refractivity contribution < 1.29 is 0 Å². The summed E-state index contributed by atoms with van der Waals surface area (Å²) in [6.45, 7) is 8.48. The van der Waals surface area contributed by atoms with Gasteiger partial charge in [0.25, 0.3) is 5.56 Å². The van der Waals surface area contributed by atoms with Crippen LogP contribution < -0.4 is 5.56 Å². The lowest BCUT2D eigenvalue weighted by molar-refractivity contribution is 0.358. The van der Waals surface area contributed by atoms with Crippen LogP contribution in [-0.4, -0.2) is 9.78 Å². The topological polar surface area (TPSA) is 37.8 Å². The van der Waals surface area contributed by atoms with Gasteiger partial charge < -0.3 is 0 Å². The minimum absolute atomic E-state index is 0.0484. The Bertz CT molecular complexity index is 615. The second-order valence-electron chi connectivity index (χ2n) is 6.24. The number of nitrogens with one attached hydrogen (secondary N) is 1. The first-order chi connectivity index (χ1) is 9.45. The number of aromatic nitrogens is 2. The predicted molar refractivity (Wildman–Crippen MR) is 84.1 cm³/mol. The van der Waals surface area contributed by atoms with Crippen LogP contribution in [0.3, 0.4) is 0 Å². The van der Waals surface area contributed by atoms with Crippen LogP contribution in [0.5, 0.6) is 0 Å². The number of hydrogen-bond acceptors (Lipinski definition) is 1. The van der Waals surface area contributed by atoms with Gasteiger partial charge in [-0.05, 0) is 33.6 Å². The highest BCUT2D eigenvalue weighted by molar-refractivity contribution is 5.63. The van der Waals surface area contributed by atoms with E-state index < -0.39 is 0 Å². The Morgan fingerprint density at radius 3 is 2.35 bits per heavy atom. The van der Waals surface area contributed by atoms with Crippen LogP contribution in [0.2, 0.25) is 0 Å². The predicted octanol–water partition coefficient (Wildman–Crippen LogP) is 3.94. The van der Waals surface area contributed by atoms with Gasteiger partial charge in [-0.25, -0.2) is 0 Å². The van der Waals surface area contributed by atoms with Crippen molar-refractivity contribution in [3.05, 3.63) is 46.2 Å². The average Bonchev–Trinajstić information content (AvgIpc) is 2.74. The molecule has 0 bridgehead atoms. The van der Waals surface area contributed by atoms with Crippen LogP contribution in [0.25, 0.3) is 11.3 Å². The van der Waals surface area contributed by atoms with Crippen LogP contribution in [0.1, 0.15) is 46.1 Å². The molecule has 0 aliphatic rings. The van der Waals surface area contributed by atoms with E-state index in [0.29, 0.717) is 0 Å². The van der Waals surface area contributed by atoms with Crippen molar-refractivity contribution in [3.63, 3.8) is 0 Å². The lowest BCUT2D eigenvalue weighted by Crippen LogP contribution is -2.25. The number of H-pyrrole nitrogens is 1. The maximum atomic E-state index is 12.3. The fraction of sp³-hybridized carbons (Fsp3) is 0.471. The molecular weight excluding hydrogens is 248 g/mol. The molecule has 0 radical (unpaired) electrons. The number of aromatic amines is 1. The van der Waals surface area contributed by atoms with Crippen molar-refractivity contribution >= 4 is 0 Å². The molecule has 0 fully saturated rings. The van der Waals surface area contributed by atoms with E-state index in [4.69, 9.17) is 0 Å². The van der Waals surface area contributed by atoms with E-state index in [0.717, 1.165) is 36.1 Å². The zero-order valence-electron chi connectivity index (χ0n) is 12.9. The number of rotatable bonds is 4. The van der Waals surface area contributed by atoms with Gasteiger partial charge in [-0.1, -0.05) is 43.7 Å². The summed E-state index contributed by atoms with van der Waals surface area (Å²) in [4.78, 5) is 12.3. The molecule has 0 saturated carbocycles. The first kappa shape index (κ1) is 14.6. The molecular formula is C17H24N2O. The van der Waals surface area contributed by atoms with E-state index in [1.165, 1.54) is 0 Å². The molecule has 0 amide bonds. The van der Waals surface area contributed by atoms with Crippen molar-refractivity contribution in [3.8, 4) is 11.3 Å². The number of hydrogen-bond donors (Lipinski definition) is 1. The van der Waals surface area contributed by atoms with E-state index in [9.17, 15) is 4.79 Å². The van der Waals surface area contributed by atoms with Crippen molar-refractivity contribution in [1.82, 2.24) is 9.78 Å². The van der Waals surface area contributed by atoms with Gasteiger partial charge in [-0.2, -0.15) is 0 Å². The van der Waals surface area contributed by atoms with E-state index in [2.05, 4.69) is 44.9 Å². The highest BCUT2D eigenvalue weighted by Gasteiger charge is 2.23. The normalized spacial score (nSPS) is 11.8. The van der Waals surface area contributed by atoms with Gasteiger partial charge >= 0.3 is 0 Å². The molecule has 1 heterocycles. The summed E-state index contributed by atoms with van der Waals surface area (Å²) in [6, 6.07) is 10.2. The van der Waals surface area contributed by atoms with E-state index >= 15 is 0 Å². The smallest absolute Gasteiger partial charge is 0.267 e. The molecule has 1 N–H and O–H groups in total. The van der Waals surface area contributed by atoms with E-state index in [1.54, 1.807) is 0 Å². The number of nitrogens with zero attached hydrogens (tertiary/aromatic N) is 1. The molecule has 0 aliphatic carbocycles. The van der Waals surface area contributed by atoms with Gasteiger partial charge in [-0.3, -0.25) is 14.6 Å². The molecule has 0 atom stereocenters. The summed E-state index contributed by atoms with van der Waals surface area (Å²) in [5, 5.41) is 3.02. The SMILES string of the molecule is CCCCc1c(-c2ccccc2)n(C(C)(C)C)[nH]c1=O. The molecule has 0 unspecified atom stereocenters. The van der Waals surface area contributed by atoms with Gasteiger partial charge in [-0.15, -0.1) is 0 Å². The maximum Gasteiger partial charge on any atom is 0.267 e. The summed E-state index contributed by atoms with van der Waals surface area (Å²) >= 11 is 0. The maximum absolute atomic E-state index is 12.3. The van der Waals surface area contributed by atoms with Crippen LogP contribution in [0.15, 0.2) is 35.1 Å². The van der Waals surface area contributed by atoms with Gasteiger partial charge in [0.2, 0.25) is 0 Å². The summed E-state index contributed by atoms with van der Waals surface area (Å²) in [5.41, 5.74) is 2.96. The third kappa shape index (κ3) is 2.87. The molecule has 0 aliphatic heterocycles. The Hall–Kier alpha value is -1.77. The highest BCUT2D eigenvalue weighted by Crippen LogP contribution is 2.27. The fourth-order valence-electron chi connectivity index (χ4n) is 2.46. The Balaban J connectivity index is 2.64. The van der Waals surface area contributed by atoms with Gasteiger partial charge in [0, 0.05) is 11.1 Å². The van der Waals surface area contributed by atoms with Crippen LogP contribution in [0.4, 0.5) is 0 Å². The summed E-state index contributed by atoms with van der Waals surface area (Å²) < 4.78 is 2.01. The second kappa shape index (κ2) is 5.70. The molecule has 1 aromatic carbocycles. The van der Waals surface area contributed by atoms with Gasteiger partial charge in [0.1, 0.15) is 0 Å². The standard InChI is InChI=1S/C17H24N2O/c1-5-6-12-14-15(13-10-8-7-9-11-13)19(17(2,3)4)18-16(14)20/h7-11H,5-6,12H2,1-4H3,(H,18,20). The van der Waals surface area contributed by atoms with Crippen molar-refractivity contribution in [2.45, 2.75) is 52.5 Å². The molecule has 3 heteroatoms. The average molecular weight is 272 g/mol. The minimum Gasteiger partial charge on any atom is -0.279 e. The Morgan fingerprint density at radius 2 is 1.80 bits per heavy atom. The Labute approximate surface area is 120 Å². The molecule has 2 aromatic rings. The summed E-state index contributed by atoms with van der Waals surface area (Å²) in [6.07, 6.45) is 2.96. The zero-order chi connectivity index (χ0) is 14.8. The van der Waals surface area contributed by atoms with E-state index in [-0.39, 0.29) is 11.1 Å². The first-order valence-corrected chi connectivity index (χ1v) is 7.35. The lowest BCUT2D eigenvalue weighted by Gasteiger charge is -2.24. The molecule has 0 saturated heterocycles. The van der Waals surface area contributed by atoms with Crippen LogP contribution in [-0.2, 0) is 12.0 Å². The number of benzene rings is 1. The number of unbranched alkanes of at least 4 members (excludes halogenated alkanes) is 1. The molecule has 20 heavy (non-hydrogen) atoms. The largest absolute Gasteiger partial charge is 0.279 e. The Morgan fingerprint density at radius 1 is 1.15 bits per heavy atom. The summed E-state index contributed by atoms with van der Waals surface area (Å²) in [5.74, 6) is 0.